The maximum Gasteiger partial charge on any atom is 0.253 e. The molecule has 0 aliphatic rings. The van der Waals surface area contributed by atoms with E-state index in [1.807, 2.05) is 68.4 Å². The Bertz CT molecular complexity index is 656. The summed E-state index contributed by atoms with van der Waals surface area (Å²) in [6.07, 6.45) is 0. The Morgan fingerprint density at radius 2 is 1.77 bits per heavy atom. The van der Waals surface area contributed by atoms with Gasteiger partial charge in [0.05, 0.1) is 11.0 Å². The minimum atomic E-state index is -0.205. The van der Waals surface area contributed by atoms with Gasteiger partial charge in [0.25, 0.3) is 5.91 Å². The number of carbonyl (C=O) groups is 1. The zero-order chi connectivity index (χ0) is 15.9. The van der Waals surface area contributed by atoms with Crippen molar-refractivity contribution in [3.05, 3.63) is 64.6 Å². The van der Waals surface area contributed by atoms with Crippen molar-refractivity contribution < 1.29 is 4.79 Å². The first-order chi connectivity index (χ1) is 10.6. The molecule has 1 amide bonds. The number of amides is 1. The molecule has 0 spiro atoms. The van der Waals surface area contributed by atoms with E-state index < -0.39 is 0 Å². The molecular weight excluding hydrogens is 360 g/mol. The van der Waals surface area contributed by atoms with E-state index >= 15 is 0 Å². The van der Waals surface area contributed by atoms with E-state index in [1.54, 1.807) is 0 Å². The van der Waals surface area contributed by atoms with Gasteiger partial charge in [0, 0.05) is 9.37 Å². The van der Waals surface area contributed by atoms with E-state index in [9.17, 15) is 4.79 Å². The summed E-state index contributed by atoms with van der Waals surface area (Å²) in [5, 5.41) is 3.97. The van der Waals surface area contributed by atoms with Gasteiger partial charge >= 0.3 is 0 Å². The lowest BCUT2D eigenvalue weighted by Crippen LogP contribution is -2.27. The minimum Gasteiger partial charge on any atom is -0.272 e. The van der Waals surface area contributed by atoms with Gasteiger partial charge in [-0.25, -0.2) is 5.43 Å². The Morgan fingerprint density at radius 1 is 1.14 bits per heavy atom. The van der Waals surface area contributed by atoms with Gasteiger partial charge in [-0.1, -0.05) is 46.3 Å². The Balaban J connectivity index is 1.93. The third-order valence-corrected chi connectivity index (χ3v) is 4.66. The third-order valence-electron chi connectivity index (χ3n) is 3.02. The van der Waals surface area contributed by atoms with Crippen LogP contribution in [0, 0.1) is 0 Å². The van der Waals surface area contributed by atoms with Gasteiger partial charge < -0.3 is 0 Å². The Labute approximate surface area is 143 Å². The highest BCUT2D eigenvalue weighted by molar-refractivity contribution is 9.10. The molecular formula is C17H17BrN2OS. The van der Waals surface area contributed by atoms with E-state index in [2.05, 4.69) is 26.5 Å². The van der Waals surface area contributed by atoms with Crippen LogP contribution in [-0.4, -0.2) is 16.9 Å². The summed E-state index contributed by atoms with van der Waals surface area (Å²) in [5.74, 6) is -0.106. The average Bonchev–Trinajstić information content (AvgIpc) is 2.53. The summed E-state index contributed by atoms with van der Waals surface area (Å²) < 4.78 is 1.01. The molecule has 22 heavy (non-hydrogen) atoms. The summed E-state index contributed by atoms with van der Waals surface area (Å²) in [6, 6.07) is 17.7. The summed E-state index contributed by atoms with van der Waals surface area (Å²) in [4.78, 5) is 13.2. The maximum atomic E-state index is 12.1. The first-order valence-corrected chi connectivity index (χ1v) is 8.55. The number of hydrogen-bond donors (Lipinski definition) is 1. The van der Waals surface area contributed by atoms with E-state index in [4.69, 9.17) is 0 Å². The number of nitrogens with one attached hydrogen (secondary N) is 1. The molecule has 5 heteroatoms. The van der Waals surface area contributed by atoms with Crippen LogP contribution < -0.4 is 5.43 Å². The van der Waals surface area contributed by atoms with Crippen LogP contribution in [-0.2, 0) is 4.79 Å². The van der Waals surface area contributed by atoms with E-state index in [0.29, 0.717) is 0 Å². The first-order valence-electron chi connectivity index (χ1n) is 6.88. The summed E-state index contributed by atoms with van der Waals surface area (Å²) in [7, 11) is 0. The van der Waals surface area contributed by atoms with E-state index in [0.717, 1.165) is 20.6 Å². The molecule has 3 nitrogen and oxygen atoms in total. The van der Waals surface area contributed by atoms with Gasteiger partial charge in [0.1, 0.15) is 0 Å². The Kier molecular flexibility index (Phi) is 6.21. The van der Waals surface area contributed by atoms with Crippen molar-refractivity contribution in [3.63, 3.8) is 0 Å². The van der Waals surface area contributed by atoms with Crippen LogP contribution in [0.25, 0.3) is 0 Å². The SMILES string of the molecule is C/C(=N/NC(=O)[C@H](C)Sc1ccccc1)c1ccc(Br)cc1. The predicted molar refractivity (Wildman–Crippen MR) is 96.3 cm³/mol. The van der Waals surface area contributed by atoms with Crippen molar-refractivity contribution in [2.45, 2.75) is 24.0 Å². The topological polar surface area (TPSA) is 41.5 Å². The molecule has 0 unspecified atom stereocenters. The highest BCUT2D eigenvalue weighted by Crippen LogP contribution is 2.22. The number of rotatable bonds is 5. The van der Waals surface area contributed by atoms with Crippen LogP contribution in [0.15, 0.2) is 69.1 Å². The van der Waals surface area contributed by atoms with Crippen LogP contribution in [0.5, 0.6) is 0 Å². The summed E-state index contributed by atoms with van der Waals surface area (Å²) >= 11 is 4.91. The molecule has 0 saturated carbocycles. The molecule has 1 atom stereocenters. The Morgan fingerprint density at radius 3 is 2.41 bits per heavy atom. The largest absolute Gasteiger partial charge is 0.272 e. The summed E-state index contributed by atoms with van der Waals surface area (Å²) in [6.45, 7) is 3.75. The van der Waals surface area contributed by atoms with Crippen LogP contribution in [0.4, 0.5) is 0 Å². The van der Waals surface area contributed by atoms with Crippen LogP contribution in [0.3, 0.4) is 0 Å². The molecule has 0 aliphatic heterocycles. The third kappa shape index (κ3) is 5.00. The smallest absolute Gasteiger partial charge is 0.253 e. The van der Waals surface area contributed by atoms with Crippen LogP contribution in [0.1, 0.15) is 19.4 Å². The number of hydrazone groups is 1. The molecule has 114 valence electrons. The van der Waals surface area contributed by atoms with E-state index in [1.165, 1.54) is 11.8 Å². The monoisotopic (exact) mass is 376 g/mol. The van der Waals surface area contributed by atoms with Crippen molar-refractivity contribution in [2.75, 3.05) is 0 Å². The van der Waals surface area contributed by atoms with Crippen molar-refractivity contribution in [1.82, 2.24) is 5.43 Å². The molecule has 0 saturated heterocycles. The zero-order valence-electron chi connectivity index (χ0n) is 12.4. The quantitative estimate of drug-likeness (QED) is 0.475. The van der Waals surface area contributed by atoms with Gasteiger partial charge in [-0.2, -0.15) is 5.10 Å². The molecule has 1 N–H and O–H groups in total. The second kappa shape index (κ2) is 8.15. The molecule has 2 aromatic carbocycles. The lowest BCUT2D eigenvalue weighted by Gasteiger charge is -2.10. The van der Waals surface area contributed by atoms with Crippen LogP contribution in [0.2, 0.25) is 0 Å². The van der Waals surface area contributed by atoms with Gasteiger partial charge in [0.2, 0.25) is 0 Å². The number of hydrogen-bond acceptors (Lipinski definition) is 3. The fourth-order valence-electron chi connectivity index (χ4n) is 1.74. The molecule has 2 rings (SSSR count). The van der Waals surface area contributed by atoms with Crippen molar-refractivity contribution in [2.24, 2.45) is 5.10 Å². The second-order valence-corrected chi connectivity index (χ2v) is 7.08. The molecule has 0 fully saturated rings. The number of thioether (sulfide) groups is 1. The van der Waals surface area contributed by atoms with Gasteiger partial charge in [0.15, 0.2) is 0 Å². The first kappa shape index (κ1) is 16.8. The highest BCUT2D eigenvalue weighted by atomic mass is 79.9. The lowest BCUT2D eigenvalue weighted by molar-refractivity contribution is -0.120. The maximum absolute atomic E-state index is 12.1. The molecule has 0 bridgehead atoms. The minimum absolute atomic E-state index is 0.106. The molecule has 0 aromatic heterocycles. The van der Waals surface area contributed by atoms with E-state index in [-0.39, 0.29) is 11.2 Å². The fourth-order valence-corrected chi connectivity index (χ4v) is 2.89. The van der Waals surface area contributed by atoms with Gasteiger partial charge in [-0.3, -0.25) is 4.79 Å². The van der Waals surface area contributed by atoms with Crippen LogP contribution >= 0.6 is 27.7 Å². The van der Waals surface area contributed by atoms with Crippen molar-refractivity contribution in [3.8, 4) is 0 Å². The lowest BCUT2D eigenvalue weighted by atomic mass is 10.1. The molecule has 0 heterocycles. The Hall–Kier alpha value is -1.59. The number of benzene rings is 2. The molecule has 0 aliphatic carbocycles. The van der Waals surface area contributed by atoms with Crippen molar-refractivity contribution in [1.29, 1.82) is 0 Å². The number of carbonyl (C=O) groups excluding carboxylic acids is 1. The molecule has 0 radical (unpaired) electrons. The van der Waals surface area contributed by atoms with Gasteiger partial charge in [-0.15, -0.1) is 11.8 Å². The van der Waals surface area contributed by atoms with Gasteiger partial charge in [-0.05, 0) is 43.7 Å². The van der Waals surface area contributed by atoms with Crippen molar-refractivity contribution >= 4 is 39.3 Å². The average molecular weight is 377 g/mol. The number of nitrogens with zero attached hydrogens (tertiary/aromatic N) is 1. The normalized spacial score (nSPS) is 12.8. The predicted octanol–water partition coefficient (Wildman–Crippen LogP) is 4.47. The standard InChI is InChI=1S/C17H17BrN2OS/c1-12(14-8-10-15(18)11-9-14)19-20-17(21)13(2)22-16-6-4-3-5-7-16/h3-11,13H,1-2H3,(H,20,21)/b19-12-/t13-/m0/s1. The highest BCUT2D eigenvalue weighted by Gasteiger charge is 2.13. The number of halogens is 1. The second-order valence-electron chi connectivity index (χ2n) is 4.75. The molecule has 2 aromatic rings. The fraction of sp³-hybridized carbons (Fsp3) is 0.176. The summed E-state index contributed by atoms with van der Waals surface area (Å²) in [5.41, 5.74) is 4.39. The zero-order valence-corrected chi connectivity index (χ0v) is 14.8.